The van der Waals surface area contributed by atoms with Gasteiger partial charge in [-0.05, 0) is 30.4 Å². The molecule has 1 atom stereocenters. The van der Waals surface area contributed by atoms with Gasteiger partial charge in [0.25, 0.3) is 0 Å². The van der Waals surface area contributed by atoms with Crippen LogP contribution in [0, 0.1) is 0 Å². The Morgan fingerprint density at radius 1 is 1.19 bits per heavy atom. The molecule has 0 aromatic heterocycles. The standard InChI is InChI=1S/C14H21NO/c1-10(2)13-7-4-12(5-8-13)6-9-14(16)11(3)15/h4-5,7-8,10-11H,6,9,15H2,1-3H3/t11-/m0/s1. The molecule has 0 bridgehead atoms. The molecule has 0 saturated carbocycles. The Hall–Kier alpha value is -1.15. The van der Waals surface area contributed by atoms with Crippen LogP contribution in [-0.2, 0) is 11.2 Å². The number of carbonyl (C=O) groups excluding carboxylic acids is 1. The van der Waals surface area contributed by atoms with Crippen molar-refractivity contribution in [3.8, 4) is 0 Å². The van der Waals surface area contributed by atoms with E-state index in [4.69, 9.17) is 5.73 Å². The summed E-state index contributed by atoms with van der Waals surface area (Å²) in [5.74, 6) is 0.688. The Balaban J connectivity index is 2.53. The third-order valence-electron chi connectivity index (χ3n) is 2.81. The van der Waals surface area contributed by atoms with Crippen LogP contribution in [0.2, 0.25) is 0 Å². The first-order chi connectivity index (χ1) is 7.50. The van der Waals surface area contributed by atoms with Crippen molar-refractivity contribution in [2.75, 3.05) is 0 Å². The first-order valence-electron chi connectivity index (χ1n) is 5.88. The Morgan fingerprint density at radius 3 is 2.19 bits per heavy atom. The van der Waals surface area contributed by atoms with Gasteiger partial charge >= 0.3 is 0 Å². The minimum Gasteiger partial charge on any atom is -0.322 e. The molecule has 1 rings (SSSR count). The molecule has 0 amide bonds. The van der Waals surface area contributed by atoms with Gasteiger partial charge in [-0.3, -0.25) is 4.79 Å². The Morgan fingerprint density at radius 2 is 1.75 bits per heavy atom. The van der Waals surface area contributed by atoms with E-state index in [0.717, 1.165) is 6.42 Å². The summed E-state index contributed by atoms with van der Waals surface area (Å²) < 4.78 is 0. The van der Waals surface area contributed by atoms with E-state index in [1.54, 1.807) is 6.92 Å². The van der Waals surface area contributed by atoms with Gasteiger partial charge < -0.3 is 5.73 Å². The van der Waals surface area contributed by atoms with E-state index in [1.807, 2.05) is 0 Å². The summed E-state index contributed by atoms with van der Waals surface area (Å²) in [4.78, 5) is 11.4. The topological polar surface area (TPSA) is 43.1 Å². The summed E-state index contributed by atoms with van der Waals surface area (Å²) in [6.07, 6.45) is 1.33. The van der Waals surface area contributed by atoms with Gasteiger partial charge in [-0.15, -0.1) is 0 Å². The van der Waals surface area contributed by atoms with Crippen molar-refractivity contribution in [1.29, 1.82) is 0 Å². The molecule has 0 unspecified atom stereocenters. The summed E-state index contributed by atoms with van der Waals surface area (Å²) in [7, 11) is 0. The summed E-state index contributed by atoms with van der Waals surface area (Å²) >= 11 is 0. The number of nitrogens with two attached hydrogens (primary N) is 1. The van der Waals surface area contributed by atoms with Gasteiger partial charge in [0, 0.05) is 6.42 Å². The zero-order valence-electron chi connectivity index (χ0n) is 10.4. The lowest BCUT2D eigenvalue weighted by Crippen LogP contribution is -2.26. The Labute approximate surface area is 97.9 Å². The third kappa shape index (κ3) is 3.78. The molecule has 0 aliphatic rings. The molecule has 16 heavy (non-hydrogen) atoms. The number of benzene rings is 1. The van der Waals surface area contributed by atoms with Gasteiger partial charge in [0.1, 0.15) is 5.78 Å². The van der Waals surface area contributed by atoms with E-state index >= 15 is 0 Å². The predicted octanol–water partition coefficient (Wildman–Crippen LogP) is 2.66. The van der Waals surface area contributed by atoms with Crippen LogP contribution in [0.1, 0.15) is 44.2 Å². The van der Waals surface area contributed by atoms with Crippen molar-refractivity contribution in [3.63, 3.8) is 0 Å². The molecule has 0 heterocycles. The van der Waals surface area contributed by atoms with Crippen molar-refractivity contribution in [3.05, 3.63) is 35.4 Å². The monoisotopic (exact) mass is 219 g/mol. The zero-order chi connectivity index (χ0) is 12.1. The van der Waals surface area contributed by atoms with Crippen LogP contribution >= 0.6 is 0 Å². The highest BCUT2D eigenvalue weighted by molar-refractivity contribution is 5.83. The Bertz CT molecular complexity index is 338. The van der Waals surface area contributed by atoms with Crippen molar-refractivity contribution in [2.24, 2.45) is 5.73 Å². The molecule has 2 nitrogen and oxygen atoms in total. The largest absolute Gasteiger partial charge is 0.322 e. The molecule has 0 saturated heterocycles. The second-order valence-corrected chi connectivity index (χ2v) is 4.65. The van der Waals surface area contributed by atoms with Gasteiger partial charge in [0.05, 0.1) is 6.04 Å². The highest BCUT2D eigenvalue weighted by Gasteiger charge is 2.07. The van der Waals surface area contributed by atoms with E-state index in [-0.39, 0.29) is 11.8 Å². The number of Topliss-reactive ketones (excluding diaryl/α,β-unsaturated/α-hetero) is 1. The summed E-state index contributed by atoms with van der Waals surface area (Å²) in [6, 6.07) is 8.13. The minimum atomic E-state index is -0.338. The molecule has 2 N–H and O–H groups in total. The molecule has 2 heteroatoms. The molecular formula is C14H21NO. The third-order valence-corrected chi connectivity index (χ3v) is 2.81. The fraction of sp³-hybridized carbons (Fsp3) is 0.500. The number of hydrogen-bond donors (Lipinski definition) is 1. The fourth-order valence-corrected chi connectivity index (χ4v) is 1.56. The van der Waals surface area contributed by atoms with E-state index in [2.05, 4.69) is 38.1 Å². The SMILES string of the molecule is CC(C)c1ccc(CCC(=O)[C@H](C)N)cc1. The maximum atomic E-state index is 11.4. The normalized spacial score (nSPS) is 12.8. The van der Waals surface area contributed by atoms with Crippen molar-refractivity contribution < 1.29 is 4.79 Å². The first kappa shape index (κ1) is 12.9. The van der Waals surface area contributed by atoms with Crippen molar-refractivity contribution in [2.45, 2.75) is 45.6 Å². The summed E-state index contributed by atoms with van der Waals surface area (Å²) in [5, 5.41) is 0. The van der Waals surface area contributed by atoms with Crippen molar-refractivity contribution in [1.82, 2.24) is 0 Å². The second-order valence-electron chi connectivity index (χ2n) is 4.65. The predicted molar refractivity (Wildman–Crippen MR) is 67.5 cm³/mol. The average molecular weight is 219 g/mol. The summed E-state index contributed by atoms with van der Waals surface area (Å²) in [6.45, 7) is 6.09. The number of rotatable bonds is 5. The van der Waals surface area contributed by atoms with Gasteiger partial charge in [-0.25, -0.2) is 0 Å². The molecule has 0 spiro atoms. The smallest absolute Gasteiger partial charge is 0.149 e. The fourth-order valence-electron chi connectivity index (χ4n) is 1.56. The lowest BCUT2D eigenvalue weighted by molar-refractivity contribution is -0.119. The van der Waals surface area contributed by atoms with E-state index in [0.29, 0.717) is 12.3 Å². The van der Waals surface area contributed by atoms with E-state index < -0.39 is 0 Å². The van der Waals surface area contributed by atoms with Crippen LogP contribution in [0.4, 0.5) is 0 Å². The molecule has 0 fully saturated rings. The molecule has 1 aromatic carbocycles. The van der Waals surface area contributed by atoms with Crippen molar-refractivity contribution >= 4 is 5.78 Å². The minimum absolute atomic E-state index is 0.132. The van der Waals surface area contributed by atoms with Crippen LogP contribution < -0.4 is 5.73 Å². The molecular weight excluding hydrogens is 198 g/mol. The number of carbonyl (C=O) groups is 1. The highest BCUT2D eigenvalue weighted by Crippen LogP contribution is 2.15. The molecule has 1 aromatic rings. The number of hydrogen-bond acceptors (Lipinski definition) is 2. The molecule has 88 valence electrons. The first-order valence-corrected chi connectivity index (χ1v) is 5.88. The van der Waals surface area contributed by atoms with Gasteiger partial charge in [-0.2, -0.15) is 0 Å². The van der Waals surface area contributed by atoms with Gasteiger partial charge in [0.2, 0.25) is 0 Å². The van der Waals surface area contributed by atoms with Crippen LogP contribution in [0.15, 0.2) is 24.3 Å². The molecule has 0 aliphatic carbocycles. The zero-order valence-corrected chi connectivity index (χ0v) is 10.4. The van der Waals surface area contributed by atoms with Crippen LogP contribution in [-0.4, -0.2) is 11.8 Å². The van der Waals surface area contributed by atoms with Crippen LogP contribution in [0.5, 0.6) is 0 Å². The quantitative estimate of drug-likeness (QED) is 0.827. The van der Waals surface area contributed by atoms with E-state index in [9.17, 15) is 4.79 Å². The second kappa shape index (κ2) is 5.80. The maximum Gasteiger partial charge on any atom is 0.149 e. The highest BCUT2D eigenvalue weighted by atomic mass is 16.1. The van der Waals surface area contributed by atoms with Crippen LogP contribution in [0.25, 0.3) is 0 Å². The molecule has 0 aliphatic heterocycles. The Kier molecular flexibility index (Phi) is 4.69. The average Bonchev–Trinajstić information content (AvgIpc) is 2.26. The lowest BCUT2D eigenvalue weighted by atomic mass is 9.99. The number of ketones is 1. The van der Waals surface area contributed by atoms with Gasteiger partial charge in [-0.1, -0.05) is 38.1 Å². The van der Waals surface area contributed by atoms with Gasteiger partial charge in [0.15, 0.2) is 0 Å². The summed E-state index contributed by atoms with van der Waals surface area (Å²) in [5.41, 5.74) is 8.06. The maximum absolute atomic E-state index is 11.4. The van der Waals surface area contributed by atoms with Crippen LogP contribution in [0.3, 0.4) is 0 Å². The lowest BCUT2D eigenvalue weighted by Gasteiger charge is -2.07. The molecule has 0 radical (unpaired) electrons. The van der Waals surface area contributed by atoms with E-state index in [1.165, 1.54) is 11.1 Å². The number of aryl methyl sites for hydroxylation is 1.